The van der Waals surface area contributed by atoms with Crippen molar-refractivity contribution in [2.24, 2.45) is 0 Å². The average Bonchev–Trinajstić information content (AvgIpc) is 2.86. The van der Waals surface area contributed by atoms with Crippen molar-refractivity contribution in [3.8, 4) is 11.3 Å². The zero-order valence-corrected chi connectivity index (χ0v) is 18.4. The first-order chi connectivity index (χ1) is 16.0. The molecule has 2 aromatic carbocycles. The molecule has 7 nitrogen and oxygen atoms in total. The van der Waals surface area contributed by atoms with E-state index in [1.807, 2.05) is 18.2 Å². The number of hydrogen-bond donors (Lipinski definition) is 3. The van der Waals surface area contributed by atoms with Gasteiger partial charge in [0.05, 0.1) is 22.6 Å². The van der Waals surface area contributed by atoms with E-state index in [0.717, 1.165) is 5.56 Å². The molecule has 8 heteroatoms. The minimum Gasteiger partial charge on any atom is -0.373 e. The van der Waals surface area contributed by atoms with E-state index in [-0.39, 0.29) is 11.8 Å². The summed E-state index contributed by atoms with van der Waals surface area (Å²) in [6.45, 7) is 0. The lowest BCUT2D eigenvalue weighted by Gasteiger charge is -2.10. The largest absolute Gasteiger partial charge is 0.373 e. The van der Waals surface area contributed by atoms with Gasteiger partial charge >= 0.3 is 0 Å². The second-order valence-corrected chi connectivity index (χ2v) is 7.48. The summed E-state index contributed by atoms with van der Waals surface area (Å²) in [4.78, 5) is 33.6. The predicted octanol–water partition coefficient (Wildman–Crippen LogP) is 5.34. The highest BCUT2D eigenvalue weighted by Crippen LogP contribution is 2.29. The SMILES string of the molecule is CNc1ccc(NC(=O)c2ccc(C(=O)Nc3ccc(Cl)c(-c4ccccn4)c3)cc2)cn1. The van der Waals surface area contributed by atoms with E-state index in [0.29, 0.717) is 39.0 Å². The number of halogens is 1. The topological polar surface area (TPSA) is 96.0 Å². The van der Waals surface area contributed by atoms with Gasteiger partial charge in [0.2, 0.25) is 0 Å². The number of rotatable bonds is 6. The average molecular weight is 458 g/mol. The summed E-state index contributed by atoms with van der Waals surface area (Å²) in [5, 5.41) is 9.09. The van der Waals surface area contributed by atoms with E-state index in [1.165, 1.54) is 0 Å². The van der Waals surface area contributed by atoms with Crippen LogP contribution in [0.3, 0.4) is 0 Å². The van der Waals surface area contributed by atoms with E-state index < -0.39 is 0 Å². The standard InChI is InChI=1S/C25H20ClN5O2/c1-27-23-12-10-19(15-29-23)31-25(33)17-7-5-16(6-8-17)24(32)30-18-9-11-21(26)20(14-18)22-4-2-3-13-28-22/h2-15H,1H3,(H,27,29)(H,30,32)(H,31,33). The summed E-state index contributed by atoms with van der Waals surface area (Å²) in [6, 6.07) is 20.7. The van der Waals surface area contributed by atoms with Crippen LogP contribution in [0, 0.1) is 0 Å². The van der Waals surface area contributed by atoms with Crippen molar-refractivity contribution in [3.63, 3.8) is 0 Å². The number of nitrogens with one attached hydrogen (secondary N) is 3. The molecule has 2 aromatic heterocycles. The molecule has 164 valence electrons. The summed E-state index contributed by atoms with van der Waals surface area (Å²) < 4.78 is 0. The van der Waals surface area contributed by atoms with Crippen molar-refractivity contribution in [1.82, 2.24) is 9.97 Å². The molecular weight excluding hydrogens is 438 g/mol. The zero-order valence-electron chi connectivity index (χ0n) is 17.7. The molecule has 2 heterocycles. The first-order valence-electron chi connectivity index (χ1n) is 10.1. The molecule has 4 rings (SSSR count). The van der Waals surface area contributed by atoms with Crippen LogP contribution in [0.2, 0.25) is 5.02 Å². The van der Waals surface area contributed by atoms with Gasteiger partial charge in [0.1, 0.15) is 5.82 Å². The van der Waals surface area contributed by atoms with Crippen molar-refractivity contribution in [2.45, 2.75) is 0 Å². The molecule has 0 unspecified atom stereocenters. The lowest BCUT2D eigenvalue weighted by molar-refractivity contribution is 0.101. The van der Waals surface area contributed by atoms with E-state index in [2.05, 4.69) is 25.9 Å². The summed E-state index contributed by atoms with van der Waals surface area (Å²) in [5.41, 5.74) is 3.44. The molecule has 0 spiro atoms. The normalized spacial score (nSPS) is 10.4. The number of carbonyl (C=O) groups excluding carboxylic acids is 2. The van der Waals surface area contributed by atoms with Gasteiger partial charge in [0, 0.05) is 35.6 Å². The van der Waals surface area contributed by atoms with E-state index in [1.54, 1.807) is 74.0 Å². The van der Waals surface area contributed by atoms with Gasteiger partial charge in [-0.25, -0.2) is 4.98 Å². The van der Waals surface area contributed by atoms with Gasteiger partial charge in [0.25, 0.3) is 11.8 Å². The molecule has 3 N–H and O–H groups in total. The second kappa shape index (κ2) is 9.93. The number of hydrogen-bond acceptors (Lipinski definition) is 5. The molecule has 0 aliphatic heterocycles. The van der Waals surface area contributed by atoms with Crippen LogP contribution < -0.4 is 16.0 Å². The fourth-order valence-electron chi connectivity index (χ4n) is 3.12. The maximum absolute atomic E-state index is 12.7. The van der Waals surface area contributed by atoms with Gasteiger partial charge in [-0.2, -0.15) is 0 Å². The Bertz CT molecular complexity index is 1280. The number of carbonyl (C=O) groups is 2. The van der Waals surface area contributed by atoms with E-state index in [9.17, 15) is 9.59 Å². The number of aromatic nitrogens is 2. The maximum atomic E-state index is 12.7. The minimum absolute atomic E-state index is 0.293. The van der Waals surface area contributed by atoms with Crippen molar-refractivity contribution in [1.29, 1.82) is 0 Å². The van der Waals surface area contributed by atoms with Gasteiger partial charge in [0.15, 0.2) is 0 Å². The highest BCUT2D eigenvalue weighted by atomic mass is 35.5. The quantitative estimate of drug-likeness (QED) is 0.363. The number of pyridine rings is 2. The number of anilines is 3. The highest BCUT2D eigenvalue weighted by Gasteiger charge is 2.12. The number of nitrogens with zero attached hydrogens (tertiary/aromatic N) is 2. The molecule has 0 radical (unpaired) electrons. The Kier molecular flexibility index (Phi) is 6.61. The zero-order chi connectivity index (χ0) is 23.2. The van der Waals surface area contributed by atoms with Gasteiger partial charge in [-0.3, -0.25) is 14.6 Å². The fraction of sp³-hybridized carbons (Fsp3) is 0.0400. The van der Waals surface area contributed by atoms with Crippen molar-refractivity contribution >= 4 is 40.6 Å². The van der Waals surface area contributed by atoms with Crippen LogP contribution in [-0.2, 0) is 0 Å². The molecule has 0 saturated carbocycles. The summed E-state index contributed by atoms with van der Waals surface area (Å²) in [7, 11) is 1.77. The highest BCUT2D eigenvalue weighted by molar-refractivity contribution is 6.33. The van der Waals surface area contributed by atoms with Gasteiger partial charge in [-0.15, -0.1) is 0 Å². The van der Waals surface area contributed by atoms with Gasteiger partial charge in [-0.05, 0) is 66.7 Å². The third kappa shape index (κ3) is 5.34. The van der Waals surface area contributed by atoms with Gasteiger partial charge in [-0.1, -0.05) is 17.7 Å². The summed E-state index contributed by atoms with van der Waals surface area (Å²) in [6.07, 6.45) is 3.25. The van der Waals surface area contributed by atoms with E-state index >= 15 is 0 Å². The van der Waals surface area contributed by atoms with Crippen LogP contribution in [0.15, 0.2) is 85.2 Å². The Labute approximate surface area is 195 Å². The van der Waals surface area contributed by atoms with E-state index in [4.69, 9.17) is 11.6 Å². The first-order valence-corrected chi connectivity index (χ1v) is 10.5. The maximum Gasteiger partial charge on any atom is 0.255 e. The predicted molar refractivity (Wildman–Crippen MR) is 131 cm³/mol. The number of amides is 2. The Balaban J connectivity index is 1.43. The summed E-state index contributed by atoms with van der Waals surface area (Å²) >= 11 is 6.31. The fourth-order valence-corrected chi connectivity index (χ4v) is 3.33. The smallest absolute Gasteiger partial charge is 0.255 e. The molecule has 0 atom stereocenters. The molecule has 2 amide bonds. The van der Waals surface area contributed by atoms with Crippen LogP contribution in [-0.4, -0.2) is 28.8 Å². The molecule has 0 saturated heterocycles. The molecular formula is C25H20ClN5O2. The van der Waals surface area contributed by atoms with Crippen LogP contribution in [0.1, 0.15) is 20.7 Å². The van der Waals surface area contributed by atoms with Crippen molar-refractivity contribution in [3.05, 3.63) is 101 Å². The third-order valence-corrected chi connectivity index (χ3v) is 5.18. The Hall–Kier alpha value is -4.23. The molecule has 0 bridgehead atoms. The lowest BCUT2D eigenvalue weighted by Crippen LogP contribution is -2.14. The van der Waals surface area contributed by atoms with Crippen molar-refractivity contribution < 1.29 is 9.59 Å². The molecule has 4 aromatic rings. The monoisotopic (exact) mass is 457 g/mol. The lowest BCUT2D eigenvalue weighted by atomic mass is 10.1. The molecule has 0 fully saturated rings. The molecule has 0 aliphatic rings. The number of benzene rings is 2. The Morgan fingerprint density at radius 2 is 1.45 bits per heavy atom. The first kappa shape index (κ1) is 22.0. The molecule has 33 heavy (non-hydrogen) atoms. The Morgan fingerprint density at radius 1 is 0.788 bits per heavy atom. The molecule has 0 aliphatic carbocycles. The minimum atomic E-state index is -0.303. The Morgan fingerprint density at radius 3 is 2.03 bits per heavy atom. The van der Waals surface area contributed by atoms with Crippen LogP contribution in [0.5, 0.6) is 0 Å². The van der Waals surface area contributed by atoms with Crippen LogP contribution >= 0.6 is 11.6 Å². The third-order valence-electron chi connectivity index (χ3n) is 4.85. The van der Waals surface area contributed by atoms with Gasteiger partial charge < -0.3 is 16.0 Å². The van der Waals surface area contributed by atoms with Crippen LogP contribution in [0.25, 0.3) is 11.3 Å². The second-order valence-electron chi connectivity index (χ2n) is 7.08. The summed E-state index contributed by atoms with van der Waals surface area (Å²) in [5.74, 6) is 0.109. The van der Waals surface area contributed by atoms with Crippen LogP contribution in [0.4, 0.5) is 17.2 Å². The van der Waals surface area contributed by atoms with Crippen molar-refractivity contribution in [2.75, 3.05) is 23.0 Å².